The molecule has 1 saturated carbocycles. The first-order valence-electron chi connectivity index (χ1n) is 3.75. The summed E-state index contributed by atoms with van der Waals surface area (Å²) in [6, 6.07) is 0.229. The highest BCUT2D eigenvalue weighted by atomic mass is 35.5. The Morgan fingerprint density at radius 1 is 1.36 bits per heavy atom. The van der Waals surface area contributed by atoms with E-state index in [4.69, 9.17) is 10.8 Å². The molecule has 0 bridgehead atoms. The van der Waals surface area contributed by atoms with Crippen molar-refractivity contribution in [2.45, 2.75) is 37.3 Å². The second kappa shape index (κ2) is 4.26. The van der Waals surface area contributed by atoms with Gasteiger partial charge in [-0.15, -0.1) is 12.4 Å². The maximum absolute atomic E-state index is 9.49. The fraction of sp³-hybridized carbons (Fsp3) is 1.00. The Labute approximate surface area is 73.0 Å². The second-order valence-corrected chi connectivity index (χ2v) is 3.22. The molecule has 4 N–H and O–H groups in total. The molecule has 0 aromatic heterocycles. The van der Waals surface area contributed by atoms with Crippen molar-refractivity contribution in [2.75, 3.05) is 6.61 Å². The molecule has 0 saturated heterocycles. The molecule has 0 amide bonds. The topological polar surface area (TPSA) is 66.5 Å². The third-order valence-corrected chi connectivity index (χ3v) is 2.26. The molecule has 0 unspecified atom stereocenters. The molecule has 0 atom stereocenters. The summed E-state index contributed by atoms with van der Waals surface area (Å²) in [6.45, 7) is -0.125. The van der Waals surface area contributed by atoms with E-state index in [9.17, 15) is 5.11 Å². The third kappa shape index (κ3) is 2.95. The van der Waals surface area contributed by atoms with E-state index >= 15 is 0 Å². The molecule has 0 aliphatic heterocycles. The van der Waals surface area contributed by atoms with Crippen molar-refractivity contribution in [3.8, 4) is 0 Å². The first-order valence-corrected chi connectivity index (χ1v) is 3.75. The molecule has 1 fully saturated rings. The number of nitrogens with two attached hydrogens (primary N) is 1. The van der Waals surface area contributed by atoms with Gasteiger partial charge in [-0.3, -0.25) is 0 Å². The minimum atomic E-state index is -0.824. The van der Waals surface area contributed by atoms with Gasteiger partial charge in [-0.05, 0) is 25.7 Å². The van der Waals surface area contributed by atoms with Crippen LogP contribution in [0.25, 0.3) is 0 Å². The standard InChI is InChI=1S/C7H15NO2.ClH/c8-6-1-3-7(10,5-9)4-2-6;/h6,9-10H,1-5,8H2;1H. The van der Waals surface area contributed by atoms with Crippen molar-refractivity contribution >= 4 is 12.4 Å². The van der Waals surface area contributed by atoms with E-state index in [0.717, 1.165) is 12.8 Å². The van der Waals surface area contributed by atoms with Gasteiger partial charge < -0.3 is 15.9 Å². The summed E-state index contributed by atoms with van der Waals surface area (Å²) in [4.78, 5) is 0. The maximum Gasteiger partial charge on any atom is 0.0878 e. The molecule has 4 heteroatoms. The summed E-state index contributed by atoms with van der Waals surface area (Å²) in [6.07, 6.45) is 2.95. The van der Waals surface area contributed by atoms with Crippen LogP contribution in [0.15, 0.2) is 0 Å². The Morgan fingerprint density at radius 3 is 2.18 bits per heavy atom. The van der Waals surface area contributed by atoms with Gasteiger partial charge >= 0.3 is 0 Å². The van der Waals surface area contributed by atoms with Crippen LogP contribution >= 0.6 is 12.4 Å². The van der Waals surface area contributed by atoms with Gasteiger partial charge in [0.15, 0.2) is 0 Å². The van der Waals surface area contributed by atoms with Gasteiger partial charge in [0, 0.05) is 6.04 Å². The molecule has 68 valence electrons. The fourth-order valence-electron chi connectivity index (χ4n) is 1.34. The van der Waals surface area contributed by atoms with Crippen molar-refractivity contribution in [3.05, 3.63) is 0 Å². The molecule has 0 spiro atoms. The van der Waals surface area contributed by atoms with E-state index in [-0.39, 0.29) is 25.1 Å². The van der Waals surface area contributed by atoms with E-state index in [1.54, 1.807) is 0 Å². The van der Waals surface area contributed by atoms with Gasteiger partial charge in [0.2, 0.25) is 0 Å². The van der Waals surface area contributed by atoms with Crippen LogP contribution in [0.3, 0.4) is 0 Å². The summed E-state index contributed by atoms with van der Waals surface area (Å²) in [7, 11) is 0. The minimum Gasteiger partial charge on any atom is -0.393 e. The lowest BCUT2D eigenvalue weighted by molar-refractivity contribution is -0.0450. The summed E-state index contributed by atoms with van der Waals surface area (Å²) < 4.78 is 0. The van der Waals surface area contributed by atoms with Crippen LogP contribution < -0.4 is 5.73 Å². The van der Waals surface area contributed by atoms with Crippen LogP contribution in [0, 0.1) is 0 Å². The van der Waals surface area contributed by atoms with Crippen LogP contribution in [0.1, 0.15) is 25.7 Å². The Hall–Kier alpha value is 0.170. The fourth-order valence-corrected chi connectivity index (χ4v) is 1.34. The highest BCUT2D eigenvalue weighted by molar-refractivity contribution is 5.85. The molecular formula is C7H16ClNO2. The number of hydrogen-bond acceptors (Lipinski definition) is 3. The molecule has 1 aliphatic carbocycles. The van der Waals surface area contributed by atoms with Crippen molar-refractivity contribution < 1.29 is 10.2 Å². The summed E-state index contributed by atoms with van der Waals surface area (Å²) >= 11 is 0. The summed E-state index contributed by atoms with van der Waals surface area (Å²) in [5.41, 5.74) is 4.79. The molecule has 1 rings (SSSR count). The first-order chi connectivity index (χ1) is 4.66. The van der Waals surface area contributed by atoms with Gasteiger partial charge in [-0.1, -0.05) is 0 Å². The zero-order valence-electron chi connectivity index (χ0n) is 6.49. The SMILES string of the molecule is Cl.NC1CCC(O)(CO)CC1. The minimum absolute atomic E-state index is 0. The van der Waals surface area contributed by atoms with Crippen molar-refractivity contribution in [1.82, 2.24) is 0 Å². The summed E-state index contributed by atoms with van der Waals surface area (Å²) in [5.74, 6) is 0. The molecule has 1 aliphatic rings. The van der Waals surface area contributed by atoms with Crippen LogP contribution in [0.2, 0.25) is 0 Å². The van der Waals surface area contributed by atoms with Crippen molar-refractivity contribution in [3.63, 3.8) is 0 Å². The third-order valence-electron chi connectivity index (χ3n) is 2.26. The van der Waals surface area contributed by atoms with E-state index in [0.29, 0.717) is 12.8 Å². The Kier molecular flexibility index (Phi) is 4.32. The van der Waals surface area contributed by atoms with Gasteiger partial charge in [-0.2, -0.15) is 0 Å². The van der Waals surface area contributed by atoms with Crippen LogP contribution in [-0.4, -0.2) is 28.5 Å². The van der Waals surface area contributed by atoms with Crippen molar-refractivity contribution in [1.29, 1.82) is 0 Å². The Morgan fingerprint density at radius 2 is 1.82 bits per heavy atom. The number of hydrogen-bond donors (Lipinski definition) is 3. The largest absolute Gasteiger partial charge is 0.393 e. The van der Waals surface area contributed by atoms with Crippen LogP contribution in [0.5, 0.6) is 0 Å². The molecule has 3 nitrogen and oxygen atoms in total. The van der Waals surface area contributed by atoms with Gasteiger partial charge in [-0.25, -0.2) is 0 Å². The molecule has 0 aromatic carbocycles. The number of aliphatic hydroxyl groups is 2. The number of rotatable bonds is 1. The predicted octanol–water partition coefficient (Wildman–Crippen LogP) is 0.0329. The number of halogens is 1. The smallest absolute Gasteiger partial charge is 0.0878 e. The van der Waals surface area contributed by atoms with Crippen LogP contribution in [-0.2, 0) is 0 Å². The van der Waals surface area contributed by atoms with Crippen molar-refractivity contribution in [2.24, 2.45) is 5.73 Å². The van der Waals surface area contributed by atoms with Gasteiger partial charge in [0.25, 0.3) is 0 Å². The zero-order chi connectivity index (χ0) is 7.61. The highest BCUT2D eigenvalue weighted by Gasteiger charge is 2.30. The molecule has 11 heavy (non-hydrogen) atoms. The average Bonchev–Trinajstić information content (AvgIpc) is 1.96. The highest BCUT2D eigenvalue weighted by Crippen LogP contribution is 2.26. The molecule has 0 radical (unpaired) electrons. The second-order valence-electron chi connectivity index (χ2n) is 3.22. The Balaban J connectivity index is 0.000001000. The lowest BCUT2D eigenvalue weighted by atomic mass is 9.83. The average molecular weight is 182 g/mol. The summed E-state index contributed by atoms with van der Waals surface area (Å²) in [5, 5.41) is 18.2. The Bertz CT molecular complexity index is 113. The van der Waals surface area contributed by atoms with Crippen LogP contribution in [0.4, 0.5) is 0 Å². The molecular weight excluding hydrogens is 166 g/mol. The van der Waals surface area contributed by atoms with E-state index in [1.165, 1.54) is 0 Å². The lowest BCUT2D eigenvalue weighted by Gasteiger charge is -2.32. The predicted molar refractivity (Wildman–Crippen MR) is 45.7 cm³/mol. The van der Waals surface area contributed by atoms with Gasteiger partial charge in [0.05, 0.1) is 12.2 Å². The monoisotopic (exact) mass is 181 g/mol. The maximum atomic E-state index is 9.49. The zero-order valence-corrected chi connectivity index (χ0v) is 7.31. The van der Waals surface area contributed by atoms with Gasteiger partial charge in [0.1, 0.15) is 0 Å². The number of aliphatic hydroxyl groups excluding tert-OH is 1. The molecule has 0 heterocycles. The lowest BCUT2D eigenvalue weighted by Crippen LogP contribution is -2.41. The first kappa shape index (κ1) is 11.2. The quantitative estimate of drug-likeness (QED) is 0.535. The normalized spacial score (nSPS) is 37.9. The van der Waals surface area contributed by atoms with E-state index in [1.807, 2.05) is 0 Å². The molecule has 0 aromatic rings. The van der Waals surface area contributed by atoms with E-state index < -0.39 is 5.60 Å². The van der Waals surface area contributed by atoms with E-state index in [2.05, 4.69) is 0 Å².